The van der Waals surface area contributed by atoms with Crippen molar-refractivity contribution in [3.63, 3.8) is 0 Å². The number of nitrogens with zero attached hydrogens (tertiary/aromatic N) is 1. The Kier molecular flexibility index (Phi) is 5.94. The van der Waals surface area contributed by atoms with Crippen LogP contribution in [-0.2, 0) is 0 Å². The molecule has 2 nitrogen and oxygen atoms in total. The summed E-state index contributed by atoms with van der Waals surface area (Å²) in [5, 5.41) is 3.82. The first-order valence-electron chi connectivity index (χ1n) is 7.33. The molecule has 0 aromatic rings. The number of hydrogen-bond donors (Lipinski definition) is 1. The standard InChI is InChI=1S/C15H32N2/c1-11(2)15(17(5)6)10-16-14-9-7-8-12(3)13(14)4/h11-16H,7-10H2,1-6H3. The van der Waals surface area contributed by atoms with Crippen molar-refractivity contribution in [2.75, 3.05) is 20.6 Å². The molecule has 4 atom stereocenters. The first-order valence-corrected chi connectivity index (χ1v) is 7.33. The predicted molar refractivity (Wildman–Crippen MR) is 76.3 cm³/mol. The van der Waals surface area contributed by atoms with Gasteiger partial charge in [0.2, 0.25) is 0 Å². The van der Waals surface area contributed by atoms with E-state index in [1.807, 2.05) is 0 Å². The molecule has 0 saturated heterocycles. The molecule has 1 saturated carbocycles. The highest BCUT2D eigenvalue weighted by atomic mass is 15.1. The normalized spacial score (nSPS) is 32.1. The molecule has 1 fully saturated rings. The Morgan fingerprint density at radius 3 is 2.35 bits per heavy atom. The van der Waals surface area contributed by atoms with E-state index in [0.29, 0.717) is 12.0 Å². The van der Waals surface area contributed by atoms with Crippen LogP contribution < -0.4 is 5.32 Å². The van der Waals surface area contributed by atoms with Gasteiger partial charge in [-0.1, -0.05) is 40.5 Å². The lowest BCUT2D eigenvalue weighted by Crippen LogP contribution is -2.48. The van der Waals surface area contributed by atoms with Gasteiger partial charge in [-0.2, -0.15) is 0 Å². The van der Waals surface area contributed by atoms with Crippen LogP contribution in [0.1, 0.15) is 47.0 Å². The molecule has 0 bridgehead atoms. The third kappa shape index (κ3) is 4.26. The lowest BCUT2D eigenvalue weighted by Gasteiger charge is -2.37. The van der Waals surface area contributed by atoms with Crippen molar-refractivity contribution < 1.29 is 0 Å². The van der Waals surface area contributed by atoms with Crippen LogP contribution in [0, 0.1) is 17.8 Å². The van der Waals surface area contributed by atoms with E-state index in [0.717, 1.165) is 24.4 Å². The Hall–Kier alpha value is -0.0800. The third-order valence-electron chi connectivity index (χ3n) is 4.73. The van der Waals surface area contributed by atoms with Crippen molar-refractivity contribution in [1.29, 1.82) is 0 Å². The Bertz CT molecular complexity index is 205. The molecule has 1 aliphatic rings. The number of nitrogens with one attached hydrogen (secondary N) is 1. The smallest absolute Gasteiger partial charge is 0.0237 e. The van der Waals surface area contributed by atoms with Gasteiger partial charge in [-0.15, -0.1) is 0 Å². The second-order valence-electron chi connectivity index (χ2n) is 6.56. The van der Waals surface area contributed by atoms with Crippen LogP contribution in [0.5, 0.6) is 0 Å². The van der Waals surface area contributed by atoms with Crippen molar-refractivity contribution in [1.82, 2.24) is 10.2 Å². The zero-order valence-corrected chi connectivity index (χ0v) is 12.7. The number of likely N-dealkylation sites (N-methyl/N-ethyl adjacent to an activating group) is 1. The monoisotopic (exact) mass is 240 g/mol. The second kappa shape index (κ2) is 6.75. The van der Waals surface area contributed by atoms with Crippen LogP contribution in [0.3, 0.4) is 0 Å². The Balaban J connectivity index is 2.42. The maximum atomic E-state index is 3.82. The fourth-order valence-electron chi connectivity index (χ4n) is 3.16. The summed E-state index contributed by atoms with van der Waals surface area (Å²) >= 11 is 0. The van der Waals surface area contributed by atoms with Gasteiger partial charge in [-0.05, 0) is 38.3 Å². The van der Waals surface area contributed by atoms with E-state index >= 15 is 0 Å². The summed E-state index contributed by atoms with van der Waals surface area (Å²) in [7, 11) is 4.39. The van der Waals surface area contributed by atoms with Gasteiger partial charge in [-0.3, -0.25) is 0 Å². The van der Waals surface area contributed by atoms with Crippen molar-refractivity contribution >= 4 is 0 Å². The molecule has 0 heterocycles. The molecular weight excluding hydrogens is 208 g/mol. The molecule has 1 rings (SSSR count). The van der Waals surface area contributed by atoms with Gasteiger partial charge in [-0.25, -0.2) is 0 Å². The Morgan fingerprint density at radius 2 is 1.82 bits per heavy atom. The zero-order chi connectivity index (χ0) is 13.0. The maximum Gasteiger partial charge on any atom is 0.0237 e. The van der Waals surface area contributed by atoms with Gasteiger partial charge < -0.3 is 10.2 Å². The predicted octanol–water partition coefficient (Wildman–Crippen LogP) is 2.99. The van der Waals surface area contributed by atoms with E-state index in [4.69, 9.17) is 0 Å². The van der Waals surface area contributed by atoms with Gasteiger partial charge in [0.05, 0.1) is 0 Å². The van der Waals surface area contributed by atoms with E-state index in [1.165, 1.54) is 19.3 Å². The molecular formula is C15H32N2. The van der Waals surface area contributed by atoms with Crippen molar-refractivity contribution in [2.45, 2.75) is 59.0 Å². The highest BCUT2D eigenvalue weighted by Crippen LogP contribution is 2.29. The van der Waals surface area contributed by atoms with E-state index in [1.54, 1.807) is 0 Å². The van der Waals surface area contributed by atoms with E-state index in [9.17, 15) is 0 Å². The summed E-state index contributed by atoms with van der Waals surface area (Å²) in [4.78, 5) is 2.36. The van der Waals surface area contributed by atoms with E-state index in [-0.39, 0.29) is 0 Å². The molecule has 102 valence electrons. The third-order valence-corrected chi connectivity index (χ3v) is 4.73. The fourth-order valence-corrected chi connectivity index (χ4v) is 3.16. The van der Waals surface area contributed by atoms with Crippen molar-refractivity contribution in [3.8, 4) is 0 Å². The van der Waals surface area contributed by atoms with Crippen LogP contribution in [0.15, 0.2) is 0 Å². The molecule has 0 amide bonds. The first-order chi connectivity index (χ1) is 7.93. The highest BCUT2D eigenvalue weighted by molar-refractivity contribution is 4.84. The van der Waals surface area contributed by atoms with Crippen LogP contribution in [0.25, 0.3) is 0 Å². The topological polar surface area (TPSA) is 15.3 Å². The van der Waals surface area contributed by atoms with Gasteiger partial charge in [0.25, 0.3) is 0 Å². The molecule has 17 heavy (non-hydrogen) atoms. The molecule has 1 aliphatic carbocycles. The molecule has 0 aromatic carbocycles. The minimum Gasteiger partial charge on any atom is -0.312 e. The molecule has 0 aliphatic heterocycles. The van der Waals surface area contributed by atoms with Crippen molar-refractivity contribution in [2.24, 2.45) is 17.8 Å². The molecule has 0 spiro atoms. The quantitative estimate of drug-likeness (QED) is 0.795. The van der Waals surface area contributed by atoms with Gasteiger partial charge in [0.1, 0.15) is 0 Å². The van der Waals surface area contributed by atoms with Crippen LogP contribution in [0.2, 0.25) is 0 Å². The van der Waals surface area contributed by atoms with Crippen molar-refractivity contribution in [3.05, 3.63) is 0 Å². The molecule has 0 aromatic heterocycles. The average Bonchev–Trinajstić information content (AvgIpc) is 2.23. The maximum absolute atomic E-state index is 3.82. The van der Waals surface area contributed by atoms with Crippen LogP contribution in [0.4, 0.5) is 0 Å². The summed E-state index contributed by atoms with van der Waals surface area (Å²) in [6.07, 6.45) is 4.18. The number of hydrogen-bond acceptors (Lipinski definition) is 2. The average molecular weight is 240 g/mol. The fraction of sp³-hybridized carbons (Fsp3) is 1.00. The summed E-state index contributed by atoms with van der Waals surface area (Å²) in [6, 6.07) is 1.39. The summed E-state index contributed by atoms with van der Waals surface area (Å²) in [6.45, 7) is 10.6. The minimum atomic E-state index is 0.652. The number of rotatable bonds is 5. The van der Waals surface area contributed by atoms with Gasteiger partial charge >= 0.3 is 0 Å². The lowest BCUT2D eigenvalue weighted by molar-refractivity contribution is 0.172. The zero-order valence-electron chi connectivity index (χ0n) is 12.7. The van der Waals surface area contributed by atoms with E-state index < -0.39 is 0 Å². The molecule has 2 heteroatoms. The summed E-state index contributed by atoms with van der Waals surface area (Å²) in [5.41, 5.74) is 0. The summed E-state index contributed by atoms with van der Waals surface area (Å²) < 4.78 is 0. The van der Waals surface area contributed by atoms with Crippen LogP contribution in [-0.4, -0.2) is 37.6 Å². The van der Waals surface area contributed by atoms with Gasteiger partial charge in [0, 0.05) is 18.6 Å². The Labute approximate surface area is 108 Å². The second-order valence-corrected chi connectivity index (χ2v) is 6.56. The Morgan fingerprint density at radius 1 is 1.18 bits per heavy atom. The van der Waals surface area contributed by atoms with Gasteiger partial charge in [0.15, 0.2) is 0 Å². The summed E-state index contributed by atoms with van der Waals surface area (Å²) in [5.74, 6) is 2.44. The molecule has 4 unspecified atom stereocenters. The largest absolute Gasteiger partial charge is 0.312 e. The lowest BCUT2D eigenvalue weighted by atomic mass is 9.78. The molecule has 0 radical (unpaired) electrons. The van der Waals surface area contributed by atoms with E-state index in [2.05, 4.69) is 52.0 Å². The SMILES string of the molecule is CC(C)C(CNC1CCCC(C)C1C)N(C)C. The van der Waals surface area contributed by atoms with Crippen LogP contribution >= 0.6 is 0 Å². The minimum absolute atomic E-state index is 0.652. The molecule has 1 N–H and O–H groups in total. The highest BCUT2D eigenvalue weighted by Gasteiger charge is 2.27. The first kappa shape index (κ1) is 15.0.